The Hall–Kier alpha value is -1.25. The Balaban J connectivity index is 2.64. The van der Waals surface area contributed by atoms with Gasteiger partial charge in [-0.05, 0) is 5.56 Å². The molecule has 12 heavy (non-hydrogen) atoms. The summed E-state index contributed by atoms with van der Waals surface area (Å²) in [5.41, 5.74) is 2.19. The van der Waals surface area contributed by atoms with Gasteiger partial charge in [-0.2, -0.15) is 0 Å². The number of ether oxygens (including phenoxy) is 1. The Kier molecular flexibility index (Phi) is 2.91. The maximum absolute atomic E-state index is 10.8. The van der Waals surface area contributed by atoms with Crippen LogP contribution in [-0.2, 0) is 16.0 Å². The zero-order chi connectivity index (χ0) is 8.97. The molecule has 0 fully saturated rings. The molecule has 0 aliphatic rings. The molecule has 1 aromatic rings. The molecule has 1 aromatic carbocycles. The maximum Gasteiger partial charge on any atom is 0.309 e. The molecule has 0 radical (unpaired) electrons. The number of esters is 1. The lowest BCUT2D eigenvalue weighted by Gasteiger charge is -1.99. The fourth-order valence-electron chi connectivity index (χ4n) is 0.945. The zero-order valence-electron chi connectivity index (χ0n) is 7.33. The summed E-state index contributed by atoms with van der Waals surface area (Å²) >= 11 is 0. The fourth-order valence-corrected chi connectivity index (χ4v) is 0.945. The Bertz CT molecular complexity index is 266. The molecule has 0 atom stereocenters. The average Bonchev–Trinajstić information content (AvgIpc) is 2.09. The molecule has 0 aliphatic carbocycles. The fraction of sp³-hybridized carbons (Fsp3) is 0.222. The lowest BCUT2D eigenvalue weighted by atomic mass is 9.95. The van der Waals surface area contributed by atoms with Crippen LogP contribution in [0.15, 0.2) is 24.3 Å². The van der Waals surface area contributed by atoms with E-state index in [1.54, 1.807) is 0 Å². The first-order chi connectivity index (χ1) is 5.72. The first kappa shape index (κ1) is 8.85. The Morgan fingerprint density at radius 3 is 2.50 bits per heavy atom. The smallest absolute Gasteiger partial charge is 0.309 e. The molecule has 0 unspecified atom stereocenters. The van der Waals surface area contributed by atoms with E-state index in [9.17, 15) is 4.79 Å². The quantitative estimate of drug-likeness (QED) is 0.439. The molecule has 0 saturated carbocycles. The van der Waals surface area contributed by atoms with Crippen LogP contribution in [0.1, 0.15) is 5.56 Å². The van der Waals surface area contributed by atoms with Gasteiger partial charge in [0.2, 0.25) is 0 Å². The van der Waals surface area contributed by atoms with E-state index in [-0.39, 0.29) is 5.97 Å². The summed E-state index contributed by atoms with van der Waals surface area (Å²) in [5.74, 6) is -0.196. The van der Waals surface area contributed by atoms with Crippen molar-refractivity contribution in [2.75, 3.05) is 7.11 Å². The molecule has 0 N–H and O–H groups in total. The highest BCUT2D eigenvalue weighted by Crippen LogP contribution is 1.98. The minimum Gasteiger partial charge on any atom is -0.469 e. The largest absolute Gasteiger partial charge is 0.469 e. The lowest BCUT2D eigenvalue weighted by molar-refractivity contribution is -0.139. The lowest BCUT2D eigenvalue weighted by Crippen LogP contribution is -2.06. The monoisotopic (exact) mass is 162 g/mol. The standard InChI is InChI=1S/C9H11BO2/c1-12-9(11)6-7-2-4-8(10)5-3-7/h2-5H,6,10H2,1H3. The van der Waals surface area contributed by atoms with Crippen molar-refractivity contribution in [3.05, 3.63) is 29.8 Å². The Morgan fingerprint density at radius 1 is 1.42 bits per heavy atom. The van der Waals surface area contributed by atoms with Gasteiger partial charge in [0.15, 0.2) is 0 Å². The van der Waals surface area contributed by atoms with Crippen LogP contribution in [-0.4, -0.2) is 20.9 Å². The second-order valence-corrected chi connectivity index (χ2v) is 2.74. The third-order valence-corrected chi connectivity index (χ3v) is 1.70. The van der Waals surface area contributed by atoms with Gasteiger partial charge in [-0.25, -0.2) is 0 Å². The van der Waals surface area contributed by atoms with E-state index in [0.717, 1.165) is 5.56 Å². The topological polar surface area (TPSA) is 26.3 Å². The van der Waals surface area contributed by atoms with Crippen molar-refractivity contribution in [1.29, 1.82) is 0 Å². The van der Waals surface area contributed by atoms with E-state index in [0.29, 0.717) is 6.42 Å². The number of hydrogen-bond donors (Lipinski definition) is 0. The van der Waals surface area contributed by atoms with Gasteiger partial charge in [-0.1, -0.05) is 29.7 Å². The predicted molar refractivity (Wildman–Crippen MR) is 50.3 cm³/mol. The molecule has 3 heteroatoms. The second-order valence-electron chi connectivity index (χ2n) is 2.74. The van der Waals surface area contributed by atoms with Crippen molar-refractivity contribution in [2.24, 2.45) is 0 Å². The van der Waals surface area contributed by atoms with Crippen LogP contribution < -0.4 is 5.46 Å². The number of methoxy groups -OCH3 is 1. The molecule has 0 heterocycles. The number of benzene rings is 1. The molecule has 62 valence electrons. The normalized spacial score (nSPS) is 9.42. The van der Waals surface area contributed by atoms with Crippen LogP contribution in [0.5, 0.6) is 0 Å². The van der Waals surface area contributed by atoms with Crippen LogP contribution in [0.4, 0.5) is 0 Å². The molecule has 1 rings (SSSR count). The van der Waals surface area contributed by atoms with Crippen molar-refractivity contribution in [2.45, 2.75) is 6.42 Å². The number of rotatable bonds is 2. The highest BCUT2D eigenvalue weighted by atomic mass is 16.5. The van der Waals surface area contributed by atoms with E-state index < -0.39 is 0 Å². The van der Waals surface area contributed by atoms with E-state index in [4.69, 9.17) is 0 Å². The number of hydrogen-bond acceptors (Lipinski definition) is 2. The number of carbonyl (C=O) groups excluding carboxylic acids is 1. The van der Waals surface area contributed by atoms with Crippen LogP contribution in [0, 0.1) is 0 Å². The van der Waals surface area contributed by atoms with Crippen molar-refractivity contribution in [1.82, 2.24) is 0 Å². The van der Waals surface area contributed by atoms with E-state index in [1.807, 2.05) is 32.1 Å². The summed E-state index contributed by atoms with van der Waals surface area (Å²) in [6.07, 6.45) is 0.358. The summed E-state index contributed by atoms with van der Waals surface area (Å²) in [6.45, 7) is 0. The first-order valence-electron chi connectivity index (χ1n) is 3.84. The Labute approximate surface area is 73.0 Å². The van der Waals surface area contributed by atoms with Gasteiger partial charge < -0.3 is 4.74 Å². The van der Waals surface area contributed by atoms with E-state index in [2.05, 4.69) is 4.74 Å². The molecule has 0 aromatic heterocycles. The molecule has 0 bridgehead atoms. The van der Waals surface area contributed by atoms with Gasteiger partial charge in [0.25, 0.3) is 0 Å². The minimum absolute atomic E-state index is 0.196. The van der Waals surface area contributed by atoms with Gasteiger partial charge in [0.1, 0.15) is 7.85 Å². The van der Waals surface area contributed by atoms with Gasteiger partial charge in [-0.15, -0.1) is 0 Å². The molecular formula is C9H11BO2. The molecule has 2 nitrogen and oxygen atoms in total. The minimum atomic E-state index is -0.196. The summed E-state index contributed by atoms with van der Waals surface area (Å²) in [6, 6.07) is 7.84. The third-order valence-electron chi connectivity index (χ3n) is 1.70. The molecular weight excluding hydrogens is 151 g/mol. The van der Waals surface area contributed by atoms with E-state index in [1.165, 1.54) is 12.6 Å². The second kappa shape index (κ2) is 3.95. The van der Waals surface area contributed by atoms with Crippen LogP contribution in [0.2, 0.25) is 0 Å². The highest BCUT2D eigenvalue weighted by molar-refractivity contribution is 6.32. The number of carbonyl (C=O) groups is 1. The van der Waals surface area contributed by atoms with Crippen molar-refractivity contribution >= 4 is 19.3 Å². The van der Waals surface area contributed by atoms with Gasteiger partial charge in [-0.3, -0.25) is 4.79 Å². The summed E-state index contributed by atoms with van der Waals surface area (Å²) in [4.78, 5) is 10.8. The van der Waals surface area contributed by atoms with Gasteiger partial charge in [0, 0.05) is 0 Å². The van der Waals surface area contributed by atoms with E-state index >= 15 is 0 Å². The van der Waals surface area contributed by atoms with Crippen LogP contribution in [0.3, 0.4) is 0 Å². The van der Waals surface area contributed by atoms with Crippen LogP contribution in [0.25, 0.3) is 0 Å². The van der Waals surface area contributed by atoms with Gasteiger partial charge >= 0.3 is 5.97 Å². The first-order valence-corrected chi connectivity index (χ1v) is 3.84. The molecule has 0 aliphatic heterocycles. The van der Waals surface area contributed by atoms with Crippen molar-refractivity contribution in [3.63, 3.8) is 0 Å². The molecule has 0 spiro atoms. The SMILES string of the molecule is Bc1ccc(CC(=O)OC)cc1. The average molecular weight is 162 g/mol. The van der Waals surface area contributed by atoms with Gasteiger partial charge in [0.05, 0.1) is 13.5 Å². The zero-order valence-corrected chi connectivity index (χ0v) is 7.33. The highest BCUT2D eigenvalue weighted by Gasteiger charge is 2.00. The van der Waals surface area contributed by atoms with Crippen molar-refractivity contribution in [3.8, 4) is 0 Å². The predicted octanol–water partition coefficient (Wildman–Crippen LogP) is -0.340. The summed E-state index contributed by atoms with van der Waals surface area (Å²) in [5, 5.41) is 0. The summed E-state index contributed by atoms with van der Waals surface area (Å²) in [7, 11) is 3.42. The molecule has 0 saturated heterocycles. The summed E-state index contributed by atoms with van der Waals surface area (Å²) < 4.78 is 4.55. The maximum atomic E-state index is 10.8. The van der Waals surface area contributed by atoms with Crippen LogP contribution >= 0.6 is 0 Å². The Morgan fingerprint density at radius 2 is 2.00 bits per heavy atom. The van der Waals surface area contributed by atoms with Crippen molar-refractivity contribution < 1.29 is 9.53 Å². The third kappa shape index (κ3) is 2.42. The molecule has 0 amide bonds.